The molecular weight excluding hydrogens is 362 g/mol. The first kappa shape index (κ1) is 18.7. The van der Waals surface area contributed by atoms with Gasteiger partial charge in [0.05, 0.1) is 11.3 Å². The molecule has 0 aliphatic heterocycles. The molecule has 1 aromatic carbocycles. The smallest absolute Gasteiger partial charge is 0.252 e. The lowest BCUT2D eigenvalue weighted by atomic mass is 10.2. The van der Waals surface area contributed by atoms with Crippen molar-refractivity contribution in [3.63, 3.8) is 0 Å². The number of rotatable bonds is 7. The minimum absolute atomic E-state index is 0.00126. The number of aryl methyl sites for hydroxylation is 2. The van der Waals surface area contributed by atoms with Gasteiger partial charge in [-0.1, -0.05) is 25.1 Å². The van der Waals surface area contributed by atoms with Crippen molar-refractivity contribution < 1.29 is 4.79 Å². The molecule has 0 spiro atoms. The molecule has 3 rings (SSSR count). The van der Waals surface area contributed by atoms with Crippen molar-refractivity contribution in [1.29, 1.82) is 0 Å². The van der Waals surface area contributed by atoms with Crippen LogP contribution in [-0.2, 0) is 0 Å². The second-order valence-electron chi connectivity index (χ2n) is 6.04. The minimum atomic E-state index is -0.0374. The SMILES string of the molecule is CCSc1ccccc1C(=O)NC[C@@H](c1cccs1)n1nc(C)cc1C. The average Bonchev–Trinajstić information content (AvgIpc) is 3.26. The lowest BCUT2D eigenvalue weighted by Crippen LogP contribution is -2.32. The highest BCUT2D eigenvalue weighted by atomic mass is 32.2. The Morgan fingerprint density at radius 2 is 2.08 bits per heavy atom. The number of thioether (sulfide) groups is 1. The summed E-state index contributed by atoms with van der Waals surface area (Å²) in [5.41, 5.74) is 2.81. The molecular formula is C20H23N3OS2. The van der Waals surface area contributed by atoms with E-state index in [1.165, 1.54) is 4.88 Å². The number of carbonyl (C=O) groups excluding carboxylic acids is 1. The van der Waals surface area contributed by atoms with Gasteiger partial charge in [0.1, 0.15) is 6.04 Å². The van der Waals surface area contributed by atoms with E-state index >= 15 is 0 Å². The van der Waals surface area contributed by atoms with E-state index in [2.05, 4.69) is 41.8 Å². The summed E-state index contributed by atoms with van der Waals surface area (Å²) in [4.78, 5) is 15.0. The standard InChI is InChI=1S/C20H23N3OS2/c1-4-25-18-9-6-5-8-16(18)20(24)21-13-17(19-10-7-11-26-19)23-15(3)12-14(2)22-23/h5-12,17H,4,13H2,1-3H3,(H,21,24)/t17-/m0/s1. The molecule has 3 aromatic rings. The van der Waals surface area contributed by atoms with E-state index in [4.69, 9.17) is 0 Å². The van der Waals surface area contributed by atoms with E-state index in [0.29, 0.717) is 6.54 Å². The Balaban J connectivity index is 1.81. The Labute approximate surface area is 162 Å². The fraction of sp³-hybridized carbons (Fsp3) is 0.300. The maximum absolute atomic E-state index is 12.8. The molecule has 1 N–H and O–H groups in total. The Hall–Kier alpha value is -2.05. The van der Waals surface area contributed by atoms with Gasteiger partial charge >= 0.3 is 0 Å². The summed E-state index contributed by atoms with van der Waals surface area (Å²) >= 11 is 3.37. The zero-order valence-corrected chi connectivity index (χ0v) is 16.9. The molecule has 0 fully saturated rings. The Bertz CT molecular complexity index is 871. The van der Waals surface area contributed by atoms with Crippen LogP contribution in [0, 0.1) is 13.8 Å². The van der Waals surface area contributed by atoms with Gasteiger partial charge in [0.15, 0.2) is 0 Å². The van der Waals surface area contributed by atoms with Gasteiger partial charge in [-0.3, -0.25) is 9.48 Å². The van der Waals surface area contributed by atoms with Gasteiger partial charge in [0.2, 0.25) is 0 Å². The van der Waals surface area contributed by atoms with Gasteiger partial charge in [0.25, 0.3) is 5.91 Å². The van der Waals surface area contributed by atoms with Gasteiger partial charge in [0, 0.05) is 22.0 Å². The topological polar surface area (TPSA) is 46.9 Å². The van der Waals surface area contributed by atoms with Crippen LogP contribution >= 0.6 is 23.1 Å². The Morgan fingerprint density at radius 3 is 2.73 bits per heavy atom. The van der Waals surface area contributed by atoms with Crippen molar-refractivity contribution in [3.8, 4) is 0 Å². The van der Waals surface area contributed by atoms with Crippen LogP contribution in [0.5, 0.6) is 0 Å². The summed E-state index contributed by atoms with van der Waals surface area (Å²) < 4.78 is 2.01. The fourth-order valence-corrected chi connectivity index (χ4v) is 4.58. The highest BCUT2D eigenvalue weighted by Gasteiger charge is 2.20. The first-order valence-electron chi connectivity index (χ1n) is 8.66. The Kier molecular flexibility index (Phi) is 6.16. The average molecular weight is 386 g/mol. The normalized spacial score (nSPS) is 12.1. The van der Waals surface area contributed by atoms with Crippen molar-refractivity contribution in [1.82, 2.24) is 15.1 Å². The molecule has 0 saturated carbocycles. The predicted octanol–water partition coefficient (Wildman–Crippen LogP) is 4.69. The van der Waals surface area contributed by atoms with Crippen LogP contribution in [0.1, 0.15) is 39.6 Å². The lowest BCUT2D eigenvalue weighted by molar-refractivity contribution is 0.0946. The van der Waals surface area contributed by atoms with Crippen LogP contribution in [0.2, 0.25) is 0 Å². The third-order valence-electron chi connectivity index (χ3n) is 4.10. The molecule has 4 nitrogen and oxygen atoms in total. The van der Waals surface area contributed by atoms with Crippen LogP contribution in [-0.4, -0.2) is 28.0 Å². The van der Waals surface area contributed by atoms with Gasteiger partial charge < -0.3 is 5.32 Å². The number of aromatic nitrogens is 2. The highest BCUT2D eigenvalue weighted by Crippen LogP contribution is 2.25. The molecule has 2 aromatic heterocycles. The molecule has 0 aliphatic rings. The maximum atomic E-state index is 12.8. The van der Waals surface area contributed by atoms with Crippen LogP contribution in [0.3, 0.4) is 0 Å². The van der Waals surface area contributed by atoms with Gasteiger partial charge in [-0.15, -0.1) is 23.1 Å². The third-order valence-corrected chi connectivity index (χ3v) is 6.03. The van der Waals surface area contributed by atoms with E-state index < -0.39 is 0 Å². The number of thiophene rings is 1. The van der Waals surface area contributed by atoms with Crippen molar-refractivity contribution in [2.45, 2.75) is 31.7 Å². The maximum Gasteiger partial charge on any atom is 0.252 e. The monoisotopic (exact) mass is 385 g/mol. The second-order valence-corrected chi connectivity index (χ2v) is 8.33. The first-order valence-corrected chi connectivity index (χ1v) is 10.5. The molecule has 6 heteroatoms. The van der Waals surface area contributed by atoms with E-state index in [9.17, 15) is 4.79 Å². The summed E-state index contributed by atoms with van der Waals surface area (Å²) in [5.74, 6) is 0.901. The van der Waals surface area contributed by atoms with Crippen LogP contribution in [0.25, 0.3) is 0 Å². The lowest BCUT2D eigenvalue weighted by Gasteiger charge is -2.19. The second kappa shape index (κ2) is 8.56. The van der Waals surface area contributed by atoms with Crippen LogP contribution < -0.4 is 5.32 Å². The number of nitrogens with one attached hydrogen (secondary N) is 1. The zero-order valence-electron chi connectivity index (χ0n) is 15.2. The van der Waals surface area contributed by atoms with Crippen LogP contribution in [0.15, 0.2) is 52.7 Å². The van der Waals surface area contributed by atoms with Crippen molar-refractivity contribution in [2.75, 3.05) is 12.3 Å². The number of hydrogen-bond donors (Lipinski definition) is 1. The first-order chi connectivity index (χ1) is 12.6. The van der Waals surface area contributed by atoms with Gasteiger partial charge in [-0.05, 0) is 49.2 Å². The van der Waals surface area contributed by atoms with E-state index in [0.717, 1.165) is 27.6 Å². The Morgan fingerprint density at radius 1 is 1.27 bits per heavy atom. The number of amides is 1. The molecule has 0 aliphatic carbocycles. The van der Waals surface area contributed by atoms with Gasteiger partial charge in [-0.25, -0.2) is 0 Å². The molecule has 136 valence electrons. The minimum Gasteiger partial charge on any atom is -0.349 e. The summed E-state index contributed by atoms with van der Waals surface area (Å²) in [6.45, 7) is 6.64. The van der Waals surface area contributed by atoms with Crippen molar-refractivity contribution in [2.24, 2.45) is 0 Å². The van der Waals surface area contributed by atoms with E-state index in [1.807, 2.05) is 41.9 Å². The highest BCUT2D eigenvalue weighted by molar-refractivity contribution is 7.99. The quantitative estimate of drug-likeness (QED) is 0.600. The molecule has 26 heavy (non-hydrogen) atoms. The summed E-state index contributed by atoms with van der Waals surface area (Å²) in [5, 5.41) is 9.81. The van der Waals surface area contributed by atoms with Crippen molar-refractivity contribution >= 4 is 29.0 Å². The molecule has 0 radical (unpaired) electrons. The number of nitrogens with zero attached hydrogens (tertiary/aromatic N) is 2. The third kappa shape index (κ3) is 4.19. The molecule has 0 saturated heterocycles. The summed E-state index contributed by atoms with van der Waals surface area (Å²) in [6.07, 6.45) is 0. The molecule has 0 unspecified atom stereocenters. The zero-order chi connectivity index (χ0) is 18.5. The molecule has 2 heterocycles. The van der Waals surface area contributed by atoms with Crippen molar-refractivity contribution in [3.05, 3.63) is 69.7 Å². The molecule has 0 bridgehead atoms. The predicted molar refractivity (Wildman–Crippen MR) is 109 cm³/mol. The summed E-state index contributed by atoms with van der Waals surface area (Å²) in [7, 11) is 0. The van der Waals surface area contributed by atoms with E-state index in [-0.39, 0.29) is 11.9 Å². The number of benzene rings is 1. The molecule has 1 atom stereocenters. The number of carbonyl (C=O) groups is 1. The van der Waals surface area contributed by atoms with E-state index in [1.54, 1.807) is 23.1 Å². The van der Waals surface area contributed by atoms with Gasteiger partial charge in [-0.2, -0.15) is 5.10 Å². The molecule has 1 amide bonds. The number of hydrogen-bond acceptors (Lipinski definition) is 4. The van der Waals surface area contributed by atoms with Crippen LogP contribution in [0.4, 0.5) is 0 Å². The summed E-state index contributed by atoms with van der Waals surface area (Å²) in [6, 6.07) is 14.0. The largest absolute Gasteiger partial charge is 0.349 e. The fourth-order valence-electron chi connectivity index (χ4n) is 2.97.